The van der Waals surface area contributed by atoms with Gasteiger partial charge in [0.15, 0.2) is 0 Å². The first kappa shape index (κ1) is 17.7. The molecule has 0 bridgehead atoms. The van der Waals surface area contributed by atoms with Crippen LogP contribution in [0.5, 0.6) is 5.75 Å². The van der Waals surface area contributed by atoms with Gasteiger partial charge < -0.3 is 15.0 Å². The second-order valence-electron chi connectivity index (χ2n) is 6.94. The Morgan fingerprint density at radius 1 is 1.20 bits per heavy atom. The van der Waals surface area contributed by atoms with E-state index in [4.69, 9.17) is 4.74 Å². The third-order valence-corrected chi connectivity index (χ3v) is 4.62. The molecule has 4 nitrogen and oxygen atoms in total. The minimum absolute atomic E-state index is 0.154. The summed E-state index contributed by atoms with van der Waals surface area (Å²) in [4.78, 5) is 13.6. The van der Waals surface area contributed by atoms with Crippen LogP contribution in [0.25, 0.3) is 10.8 Å². The van der Waals surface area contributed by atoms with Crippen LogP contribution in [-0.2, 0) is 11.3 Å². The lowest BCUT2D eigenvalue weighted by atomic mass is 10.0. The number of rotatable bonds is 8. The number of likely N-dealkylation sites (tertiary alicyclic amines) is 1. The Kier molecular flexibility index (Phi) is 5.92. The number of carbonyl (C=O) groups excluding carboxylic acids is 1. The van der Waals surface area contributed by atoms with Crippen molar-refractivity contribution in [2.24, 2.45) is 0 Å². The Morgan fingerprint density at radius 2 is 2.04 bits per heavy atom. The summed E-state index contributed by atoms with van der Waals surface area (Å²) in [5.41, 5.74) is 1.21. The van der Waals surface area contributed by atoms with Crippen molar-refractivity contribution in [2.75, 3.05) is 19.6 Å². The largest absolute Gasteiger partial charge is 0.491 e. The average molecular weight is 340 g/mol. The van der Waals surface area contributed by atoms with Crippen molar-refractivity contribution in [3.05, 3.63) is 42.0 Å². The average Bonchev–Trinajstić information content (AvgIpc) is 3.00. The first-order valence-electron chi connectivity index (χ1n) is 9.31. The van der Waals surface area contributed by atoms with E-state index in [1.807, 2.05) is 4.90 Å². The maximum Gasteiger partial charge on any atom is 0.222 e. The van der Waals surface area contributed by atoms with Gasteiger partial charge in [-0.05, 0) is 50.1 Å². The smallest absolute Gasteiger partial charge is 0.222 e. The lowest BCUT2D eigenvalue weighted by Gasteiger charge is -2.18. The predicted octanol–water partition coefficient (Wildman–Crippen LogP) is 3.73. The van der Waals surface area contributed by atoms with E-state index in [1.165, 1.54) is 16.3 Å². The zero-order valence-electron chi connectivity index (χ0n) is 15.3. The number of benzene rings is 2. The molecule has 1 saturated heterocycles. The molecule has 1 aliphatic rings. The van der Waals surface area contributed by atoms with Gasteiger partial charge in [0.2, 0.25) is 5.91 Å². The number of carbonyl (C=O) groups is 1. The van der Waals surface area contributed by atoms with E-state index in [9.17, 15) is 4.79 Å². The molecule has 1 N–H and O–H groups in total. The van der Waals surface area contributed by atoms with E-state index in [0.29, 0.717) is 5.91 Å². The molecule has 0 aromatic heterocycles. The normalized spacial score (nSPS) is 14.7. The van der Waals surface area contributed by atoms with Gasteiger partial charge in [0.1, 0.15) is 5.75 Å². The molecule has 0 radical (unpaired) electrons. The summed E-state index contributed by atoms with van der Waals surface area (Å²) in [5, 5.41) is 6.00. The maximum atomic E-state index is 11.6. The highest BCUT2D eigenvalue weighted by Crippen LogP contribution is 2.28. The van der Waals surface area contributed by atoms with Crippen molar-refractivity contribution < 1.29 is 9.53 Å². The SMILES string of the molecule is CC(C)Oc1ccc2ccccc2c1CNCCCN1CCCC1=O. The number of nitrogens with one attached hydrogen (secondary N) is 1. The molecular formula is C21H28N2O2. The highest BCUT2D eigenvalue weighted by molar-refractivity contribution is 5.87. The molecule has 1 heterocycles. The second-order valence-corrected chi connectivity index (χ2v) is 6.94. The number of hydrogen-bond donors (Lipinski definition) is 1. The highest BCUT2D eigenvalue weighted by Gasteiger charge is 2.19. The van der Waals surface area contributed by atoms with Crippen LogP contribution >= 0.6 is 0 Å². The molecule has 0 aliphatic carbocycles. The van der Waals surface area contributed by atoms with Crippen LogP contribution in [0.15, 0.2) is 36.4 Å². The summed E-state index contributed by atoms with van der Waals surface area (Å²) in [6.45, 7) is 7.57. The van der Waals surface area contributed by atoms with Crippen LogP contribution in [0, 0.1) is 0 Å². The number of ether oxygens (including phenoxy) is 1. The van der Waals surface area contributed by atoms with Crippen molar-refractivity contribution in [3.63, 3.8) is 0 Å². The van der Waals surface area contributed by atoms with Gasteiger partial charge in [-0.25, -0.2) is 0 Å². The molecule has 1 aliphatic heterocycles. The summed E-state index contributed by atoms with van der Waals surface area (Å²) in [6.07, 6.45) is 2.87. The molecule has 25 heavy (non-hydrogen) atoms. The Morgan fingerprint density at radius 3 is 2.80 bits per heavy atom. The molecule has 0 unspecified atom stereocenters. The van der Waals surface area contributed by atoms with E-state index in [2.05, 4.69) is 55.6 Å². The molecule has 2 aromatic carbocycles. The van der Waals surface area contributed by atoms with E-state index in [1.54, 1.807) is 0 Å². The molecular weight excluding hydrogens is 312 g/mol. The fourth-order valence-electron chi connectivity index (χ4n) is 3.41. The minimum atomic E-state index is 0.154. The first-order chi connectivity index (χ1) is 12.1. The molecule has 0 saturated carbocycles. The van der Waals surface area contributed by atoms with Gasteiger partial charge >= 0.3 is 0 Å². The number of nitrogens with zero attached hydrogens (tertiary/aromatic N) is 1. The lowest BCUT2D eigenvalue weighted by Crippen LogP contribution is -2.28. The zero-order chi connectivity index (χ0) is 17.6. The van der Waals surface area contributed by atoms with Crippen molar-refractivity contribution in [3.8, 4) is 5.75 Å². The number of fused-ring (bicyclic) bond motifs is 1. The number of hydrogen-bond acceptors (Lipinski definition) is 3. The first-order valence-corrected chi connectivity index (χ1v) is 9.31. The highest BCUT2D eigenvalue weighted by atomic mass is 16.5. The van der Waals surface area contributed by atoms with Gasteiger partial charge in [0.05, 0.1) is 6.10 Å². The third-order valence-electron chi connectivity index (χ3n) is 4.62. The topological polar surface area (TPSA) is 41.6 Å². The Bertz CT molecular complexity index is 727. The third kappa shape index (κ3) is 4.51. The van der Waals surface area contributed by atoms with Gasteiger partial charge in [-0.15, -0.1) is 0 Å². The summed E-state index contributed by atoms with van der Waals surface area (Å²) in [5.74, 6) is 1.26. The molecule has 1 amide bonds. The van der Waals surface area contributed by atoms with Crippen molar-refractivity contribution in [1.29, 1.82) is 0 Å². The Labute approximate surface area is 150 Å². The van der Waals surface area contributed by atoms with Gasteiger partial charge in [0.25, 0.3) is 0 Å². The quantitative estimate of drug-likeness (QED) is 0.745. The van der Waals surface area contributed by atoms with E-state index in [-0.39, 0.29) is 6.10 Å². The molecule has 1 fully saturated rings. The standard InChI is InChI=1S/C21H28N2O2/c1-16(2)25-20-11-10-17-7-3-4-8-18(17)19(20)15-22-12-6-14-23-13-5-9-21(23)24/h3-4,7-8,10-11,16,22H,5-6,9,12-15H2,1-2H3. The maximum absolute atomic E-state index is 11.6. The fourth-order valence-corrected chi connectivity index (χ4v) is 3.41. The molecule has 2 aromatic rings. The van der Waals surface area contributed by atoms with Gasteiger partial charge in [-0.2, -0.15) is 0 Å². The molecule has 0 spiro atoms. The van der Waals surface area contributed by atoms with Gasteiger partial charge in [-0.3, -0.25) is 4.79 Å². The second kappa shape index (κ2) is 8.34. The van der Waals surface area contributed by atoms with Crippen LogP contribution in [0.1, 0.15) is 38.7 Å². The zero-order valence-corrected chi connectivity index (χ0v) is 15.3. The van der Waals surface area contributed by atoms with Crippen LogP contribution in [-0.4, -0.2) is 36.5 Å². The summed E-state index contributed by atoms with van der Waals surface area (Å²) < 4.78 is 6.01. The molecule has 4 heteroatoms. The monoisotopic (exact) mass is 340 g/mol. The summed E-state index contributed by atoms with van der Waals surface area (Å²) >= 11 is 0. The minimum Gasteiger partial charge on any atom is -0.491 e. The fraction of sp³-hybridized carbons (Fsp3) is 0.476. The van der Waals surface area contributed by atoms with Crippen molar-refractivity contribution in [1.82, 2.24) is 10.2 Å². The van der Waals surface area contributed by atoms with Crippen LogP contribution in [0.4, 0.5) is 0 Å². The van der Waals surface area contributed by atoms with Crippen LogP contribution in [0.3, 0.4) is 0 Å². The van der Waals surface area contributed by atoms with Crippen LogP contribution in [0.2, 0.25) is 0 Å². The van der Waals surface area contributed by atoms with Crippen LogP contribution < -0.4 is 10.1 Å². The van der Waals surface area contributed by atoms with E-state index in [0.717, 1.165) is 51.2 Å². The summed E-state index contributed by atoms with van der Waals surface area (Å²) in [6, 6.07) is 12.6. The van der Waals surface area contributed by atoms with Crippen molar-refractivity contribution in [2.45, 2.75) is 45.8 Å². The molecule has 3 rings (SSSR count). The predicted molar refractivity (Wildman–Crippen MR) is 102 cm³/mol. The van der Waals surface area contributed by atoms with E-state index < -0.39 is 0 Å². The molecule has 0 atom stereocenters. The lowest BCUT2D eigenvalue weighted by molar-refractivity contribution is -0.127. The summed E-state index contributed by atoms with van der Waals surface area (Å²) in [7, 11) is 0. The molecule has 134 valence electrons. The van der Waals surface area contributed by atoms with Gasteiger partial charge in [-0.1, -0.05) is 30.3 Å². The number of amides is 1. The Balaban J connectivity index is 1.62. The van der Waals surface area contributed by atoms with Gasteiger partial charge in [0, 0.05) is 31.6 Å². The Hall–Kier alpha value is -2.07. The van der Waals surface area contributed by atoms with E-state index >= 15 is 0 Å². The van der Waals surface area contributed by atoms with Crippen molar-refractivity contribution >= 4 is 16.7 Å².